The third kappa shape index (κ3) is 4.11. The van der Waals surface area contributed by atoms with Crippen LogP contribution in [0.1, 0.15) is 10.4 Å². The number of carbonyl (C=O) groups excluding carboxylic acids is 1. The van der Waals surface area contributed by atoms with Crippen LogP contribution in [-0.4, -0.2) is 23.4 Å². The fourth-order valence-corrected chi connectivity index (χ4v) is 2.52. The second-order valence-corrected chi connectivity index (χ2v) is 5.84. The van der Waals surface area contributed by atoms with E-state index in [9.17, 15) is 22.4 Å². The lowest BCUT2D eigenvalue weighted by atomic mass is 10.1. The molecule has 0 saturated heterocycles. The van der Waals surface area contributed by atoms with Crippen molar-refractivity contribution in [3.05, 3.63) is 65.3 Å². The van der Waals surface area contributed by atoms with Gasteiger partial charge >= 0.3 is 12.5 Å². The highest BCUT2D eigenvalue weighted by atomic mass is 35.5. The topological polar surface area (TPSA) is 51.2 Å². The third-order valence-corrected chi connectivity index (χ3v) is 3.92. The fraction of sp³-hybridized carbons (Fsp3) is 0.111. The van der Waals surface area contributed by atoms with E-state index < -0.39 is 24.2 Å². The van der Waals surface area contributed by atoms with E-state index in [1.807, 2.05) is 0 Å². The molecular formula is C18H11ClF4N2O2. The van der Waals surface area contributed by atoms with Crippen molar-refractivity contribution >= 4 is 34.1 Å². The van der Waals surface area contributed by atoms with Crippen LogP contribution in [-0.2, 0) is 0 Å². The number of anilines is 1. The van der Waals surface area contributed by atoms with E-state index in [1.165, 1.54) is 18.3 Å². The molecule has 3 aromatic rings. The molecule has 9 heteroatoms. The maximum absolute atomic E-state index is 12.9. The number of amides is 1. The van der Waals surface area contributed by atoms with Crippen molar-refractivity contribution in [2.75, 3.05) is 5.32 Å². The Balaban J connectivity index is 1.79. The summed E-state index contributed by atoms with van der Waals surface area (Å²) in [4.78, 5) is 16.6. The highest BCUT2D eigenvalue weighted by molar-refractivity contribution is 6.35. The zero-order valence-electron chi connectivity index (χ0n) is 13.4. The van der Waals surface area contributed by atoms with Gasteiger partial charge in [0.25, 0.3) is 5.91 Å². The first-order valence-corrected chi connectivity index (χ1v) is 7.95. The molecule has 0 fully saturated rings. The molecule has 0 spiro atoms. The lowest BCUT2D eigenvalue weighted by Gasteiger charge is -2.16. The van der Waals surface area contributed by atoms with E-state index in [0.717, 1.165) is 12.1 Å². The molecule has 0 bridgehead atoms. The maximum Gasteiger partial charge on any atom is 0.461 e. The SMILES string of the molecule is O=C(Nc1cccc2c(Cl)ccnc12)c1ccc(OC(F)(F)C(F)F)cc1. The fourth-order valence-electron chi connectivity index (χ4n) is 2.31. The van der Waals surface area contributed by atoms with Crippen LogP contribution >= 0.6 is 11.6 Å². The number of nitrogens with zero attached hydrogens (tertiary/aromatic N) is 1. The summed E-state index contributed by atoms with van der Waals surface area (Å²) in [6, 6.07) is 11.0. The molecule has 1 heterocycles. The molecule has 0 atom stereocenters. The van der Waals surface area contributed by atoms with Crippen LogP contribution in [0, 0.1) is 0 Å². The Bertz CT molecular complexity index is 981. The highest BCUT2D eigenvalue weighted by Crippen LogP contribution is 2.29. The van der Waals surface area contributed by atoms with Crippen LogP contribution in [0.15, 0.2) is 54.7 Å². The number of carbonyl (C=O) groups is 1. The van der Waals surface area contributed by atoms with Crippen LogP contribution in [0.25, 0.3) is 10.9 Å². The van der Waals surface area contributed by atoms with Gasteiger partial charge in [-0.2, -0.15) is 17.6 Å². The number of hydrogen-bond donors (Lipinski definition) is 1. The minimum Gasteiger partial charge on any atom is -0.428 e. The van der Waals surface area contributed by atoms with E-state index in [2.05, 4.69) is 15.0 Å². The van der Waals surface area contributed by atoms with Gasteiger partial charge in [0, 0.05) is 17.1 Å². The van der Waals surface area contributed by atoms with Crippen molar-refractivity contribution in [3.8, 4) is 5.75 Å². The van der Waals surface area contributed by atoms with Crippen molar-refractivity contribution in [2.45, 2.75) is 12.5 Å². The first-order valence-electron chi connectivity index (χ1n) is 7.57. The largest absolute Gasteiger partial charge is 0.461 e. The van der Waals surface area contributed by atoms with Crippen molar-refractivity contribution in [1.82, 2.24) is 4.98 Å². The van der Waals surface area contributed by atoms with Crippen molar-refractivity contribution in [2.24, 2.45) is 0 Å². The molecule has 0 aliphatic heterocycles. The summed E-state index contributed by atoms with van der Waals surface area (Å²) >= 11 is 6.09. The minimum absolute atomic E-state index is 0.113. The normalized spacial score (nSPS) is 11.6. The summed E-state index contributed by atoms with van der Waals surface area (Å²) in [6.07, 6.45) is -7.08. The Hall–Kier alpha value is -2.87. The summed E-state index contributed by atoms with van der Waals surface area (Å²) in [5.74, 6) is -1.04. The second kappa shape index (κ2) is 7.40. The molecule has 0 unspecified atom stereocenters. The average Bonchev–Trinajstić information content (AvgIpc) is 2.63. The molecule has 0 aliphatic carbocycles. The molecule has 3 rings (SSSR count). The van der Waals surface area contributed by atoms with Gasteiger partial charge in [0.15, 0.2) is 0 Å². The number of pyridine rings is 1. The first-order chi connectivity index (χ1) is 12.8. The zero-order chi connectivity index (χ0) is 19.6. The average molecular weight is 399 g/mol. The predicted molar refractivity (Wildman–Crippen MR) is 92.7 cm³/mol. The van der Waals surface area contributed by atoms with E-state index >= 15 is 0 Å². The number of halogens is 5. The number of rotatable bonds is 5. The Morgan fingerprint density at radius 2 is 1.81 bits per heavy atom. The van der Waals surface area contributed by atoms with Gasteiger partial charge in [0.1, 0.15) is 5.75 Å². The number of hydrogen-bond acceptors (Lipinski definition) is 3. The summed E-state index contributed by atoms with van der Waals surface area (Å²) < 4.78 is 54.0. The van der Waals surface area contributed by atoms with Crippen LogP contribution in [0.3, 0.4) is 0 Å². The summed E-state index contributed by atoms with van der Waals surface area (Å²) in [5, 5.41) is 3.76. The van der Waals surface area contributed by atoms with E-state index in [4.69, 9.17) is 11.6 Å². The van der Waals surface area contributed by atoms with Gasteiger partial charge in [0.05, 0.1) is 16.2 Å². The van der Waals surface area contributed by atoms with Gasteiger partial charge in [-0.15, -0.1) is 0 Å². The number of aromatic nitrogens is 1. The number of fused-ring (bicyclic) bond motifs is 1. The summed E-state index contributed by atoms with van der Waals surface area (Å²) in [6.45, 7) is 0. The summed E-state index contributed by atoms with van der Waals surface area (Å²) in [7, 11) is 0. The molecule has 4 nitrogen and oxygen atoms in total. The van der Waals surface area contributed by atoms with Crippen LogP contribution in [0.5, 0.6) is 5.75 Å². The Kier molecular flexibility index (Phi) is 5.18. The van der Waals surface area contributed by atoms with Crippen LogP contribution < -0.4 is 10.1 Å². The lowest BCUT2D eigenvalue weighted by Crippen LogP contribution is -2.33. The third-order valence-electron chi connectivity index (χ3n) is 3.59. The Morgan fingerprint density at radius 3 is 2.48 bits per heavy atom. The van der Waals surface area contributed by atoms with Gasteiger partial charge < -0.3 is 10.1 Å². The van der Waals surface area contributed by atoms with Crippen molar-refractivity contribution in [3.63, 3.8) is 0 Å². The number of benzene rings is 2. The zero-order valence-corrected chi connectivity index (χ0v) is 14.2. The molecule has 140 valence electrons. The Morgan fingerprint density at radius 1 is 1.11 bits per heavy atom. The first kappa shape index (κ1) is 18.9. The maximum atomic E-state index is 12.9. The predicted octanol–water partition coefficient (Wildman–Crippen LogP) is 5.38. The smallest absolute Gasteiger partial charge is 0.428 e. The molecular weight excluding hydrogens is 388 g/mol. The lowest BCUT2D eigenvalue weighted by molar-refractivity contribution is -0.253. The molecule has 27 heavy (non-hydrogen) atoms. The van der Waals surface area contributed by atoms with Crippen LogP contribution in [0.2, 0.25) is 5.02 Å². The van der Waals surface area contributed by atoms with Gasteiger partial charge in [0.2, 0.25) is 0 Å². The monoisotopic (exact) mass is 398 g/mol. The van der Waals surface area contributed by atoms with Gasteiger partial charge in [-0.05, 0) is 36.4 Å². The Labute approximate surface area is 155 Å². The number of para-hydroxylation sites is 1. The second-order valence-electron chi connectivity index (χ2n) is 5.44. The molecule has 2 aromatic carbocycles. The molecule has 0 radical (unpaired) electrons. The molecule has 1 amide bonds. The minimum atomic E-state index is -4.61. The molecule has 0 saturated carbocycles. The van der Waals surface area contributed by atoms with Gasteiger partial charge in [-0.25, -0.2) is 0 Å². The molecule has 0 aliphatic rings. The molecule has 1 aromatic heterocycles. The molecule has 1 N–H and O–H groups in total. The standard InChI is InChI=1S/C18H11ClF4N2O2/c19-13-8-9-24-15-12(13)2-1-3-14(15)25-16(26)10-4-6-11(7-5-10)27-18(22,23)17(20)21/h1-9,17H,(H,25,26). The van der Waals surface area contributed by atoms with E-state index in [1.54, 1.807) is 24.3 Å². The summed E-state index contributed by atoms with van der Waals surface area (Å²) in [5.41, 5.74) is 1.00. The number of alkyl halides is 4. The van der Waals surface area contributed by atoms with Crippen LogP contribution in [0.4, 0.5) is 23.2 Å². The number of nitrogens with one attached hydrogen (secondary N) is 1. The quantitative estimate of drug-likeness (QED) is 0.587. The highest BCUT2D eigenvalue weighted by Gasteiger charge is 2.43. The van der Waals surface area contributed by atoms with E-state index in [0.29, 0.717) is 21.6 Å². The van der Waals surface area contributed by atoms with Crippen molar-refractivity contribution < 1.29 is 27.1 Å². The number of ether oxygens (including phenoxy) is 1. The van der Waals surface area contributed by atoms with Gasteiger partial charge in [-0.1, -0.05) is 23.7 Å². The van der Waals surface area contributed by atoms with Gasteiger partial charge in [-0.3, -0.25) is 9.78 Å². The van der Waals surface area contributed by atoms with E-state index in [-0.39, 0.29) is 5.56 Å². The van der Waals surface area contributed by atoms with Crippen molar-refractivity contribution in [1.29, 1.82) is 0 Å².